The minimum atomic E-state index is -0.227. The molecule has 0 fully saturated rings. The predicted octanol–water partition coefficient (Wildman–Crippen LogP) is 4.66. The summed E-state index contributed by atoms with van der Waals surface area (Å²) >= 11 is 1.60. The van der Waals surface area contributed by atoms with Gasteiger partial charge in [0.1, 0.15) is 0 Å². The van der Waals surface area contributed by atoms with Crippen LogP contribution >= 0.6 is 11.3 Å². The van der Waals surface area contributed by atoms with Gasteiger partial charge < -0.3 is 5.32 Å². The van der Waals surface area contributed by atoms with E-state index in [0.717, 1.165) is 27.3 Å². The molecule has 5 rings (SSSR count). The zero-order chi connectivity index (χ0) is 19.6. The molecule has 0 saturated heterocycles. The monoisotopic (exact) mass is 397 g/mol. The Kier molecular flexibility index (Phi) is 4.34. The fourth-order valence-electron chi connectivity index (χ4n) is 2.99. The molecular weight excluding hydrogens is 382 g/mol. The molecule has 0 bridgehead atoms. The Bertz CT molecular complexity index is 1320. The molecule has 0 aliphatic heterocycles. The number of aromatic nitrogens is 4. The van der Waals surface area contributed by atoms with E-state index in [9.17, 15) is 4.79 Å². The van der Waals surface area contributed by atoms with Crippen LogP contribution in [-0.2, 0) is 4.79 Å². The van der Waals surface area contributed by atoms with E-state index in [1.807, 2.05) is 70.7 Å². The van der Waals surface area contributed by atoms with Gasteiger partial charge in [0.2, 0.25) is 5.91 Å². The summed E-state index contributed by atoms with van der Waals surface area (Å²) in [6.07, 6.45) is 8.73. The Labute approximate surface area is 170 Å². The molecule has 7 heteroatoms. The standard InChI is InChI=1S/C22H15N5OS/c28-21(10-9-17-13-23-18-3-1-2-4-19(18)24-17)25-16-7-5-15(6-8-16)20-14-27-11-12-29-22(27)26-20/h1-14H,(H,25,28)/b10-9+. The van der Waals surface area contributed by atoms with Crippen molar-refractivity contribution in [3.63, 3.8) is 0 Å². The van der Waals surface area contributed by atoms with E-state index in [4.69, 9.17) is 0 Å². The number of amides is 1. The number of rotatable bonds is 4. The van der Waals surface area contributed by atoms with Crippen molar-refractivity contribution in [3.8, 4) is 11.3 Å². The normalized spacial score (nSPS) is 11.4. The van der Waals surface area contributed by atoms with Gasteiger partial charge in [-0.1, -0.05) is 24.3 Å². The molecule has 1 amide bonds. The predicted molar refractivity (Wildman–Crippen MR) is 116 cm³/mol. The molecule has 5 aromatic rings. The van der Waals surface area contributed by atoms with E-state index in [1.54, 1.807) is 23.6 Å². The third kappa shape index (κ3) is 3.63. The largest absolute Gasteiger partial charge is 0.323 e. The van der Waals surface area contributed by atoms with Gasteiger partial charge in [-0.3, -0.25) is 14.2 Å². The Morgan fingerprint density at radius 2 is 1.86 bits per heavy atom. The number of carbonyl (C=O) groups is 1. The van der Waals surface area contributed by atoms with Crippen LogP contribution in [0.1, 0.15) is 5.69 Å². The van der Waals surface area contributed by atoms with Crippen LogP contribution in [0, 0.1) is 0 Å². The highest BCUT2D eigenvalue weighted by Gasteiger charge is 2.06. The smallest absolute Gasteiger partial charge is 0.248 e. The first-order valence-electron chi connectivity index (χ1n) is 8.98. The SMILES string of the molecule is O=C(/C=C/c1cnc2ccccc2n1)Nc1ccc(-c2cn3ccsc3n2)cc1. The lowest BCUT2D eigenvalue weighted by Gasteiger charge is -2.03. The fraction of sp³-hybridized carbons (Fsp3) is 0. The summed E-state index contributed by atoms with van der Waals surface area (Å²) in [6.45, 7) is 0. The molecule has 0 aliphatic carbocycles. The number of hydrogen-bond donors (Lipinski definition) is 1. The number of nitrogens with one attached hydrogen (secondary N) is 1. The van der Waals surface area contributed by atoms with E-state index in [1.165, 1.54) is 6.08 Å². The van der Waals surface area contributed by atoms with Crippen molar-refractivity contribution >= 4 is 45.0 Å². The minimum absolute atomic E-state index is 0.227. The summed E-state index contributed by atoms with van der Waals surface area (Å²) in [5.74, 6) is -0.227. The Morgan fingerprint density at radius 1 is 1.03 bits per heavy atom. The zero-order valence-electron chi connectivity index (χ0n) is 15.2. The highest BCUT2D eigenvalue weighted by molar-refractivity contribution is 7.15. The third-order valence-corrected chi connectivity index (χ3v) is 5.18. The van der Waals surface area contributed by atoms with Gasteiger partial charge in [-0.05, 0) is 30.3 Å². The first kappa shape index (κ1) is 17.3. The number of para-hydroxylation sites is 2. The van der Waals surface area contributed by atoms with Crippen LogP contribution in [0.5, 0.6) is 0 Å². The van der Waals surface area contributed by atoms with Crippen LogP contribution in [0.2, 0.25) is 0 Å². The molecule has 6 nitrogen and oxygen atoms in total. The summed E-state index contributed by atoms with van der Waals surface area (Å²) in [7, 11) is 0. The maximum Gasteiger partial charge on any atom is 0.248 e. The molecule has 3 aromatic heterocycles. The number of thiazole rings is 1. The van der Waals surface area contributed by atoms with Crippen molar-refractivity contribution in [2.45, 2.75) is 0 Å². The molecule has 0 atom stereocenters. The van der Waals surface area contributed by atoms with Crippen molar-refractivity contribution in [3.05, 3.63) is 84.3 Å². The number of anilines is 1. The number of nitrogens with zero attached hydrogens (tertiary/aromatic N) is 4. The van der Waals surface area contributed by atoms with Crippen LogP contribution in [0.4, 0.5) is 5.69 Å². The molecular formula is C22H15N5OS. The van der Waals surface area contributed by atoms with Crippen molar-refractivity contribution in [1.82, 2.24) is 19.4 Å². The van der Waals surface area contributed by atoms with Crippen LogP contribution < -0.4 is 5.32 Å². The lowest BCUT2D eigenvalue weighted by molar-refractivity contribution is -0.111. The van der Waals surface area contributed by atoms with Crippen molar-refractivity contribution in [2.24, 2.45) is 0 Å². The van der Waals surface area contributed by atoms with Gasteiger partial charge in [0.05, 0.1) is 28.6 Å². The van der Waals surface area contributed by atoms with E-state index >= 15 is 0 Å². The van der Waals surface area contributed by atoms with Gasteiger partial charge in [0.15, 0.2) is 4.96 Å². The second kappa shape index (κ2) is 7.29. The number of benzene rings is 2. The van der Waals surface area contributed by atoms with Crippen molar-refractivity contribution in [2.75, 3.05) is 5.32 Å². The maximum atomic E-state index is 12.2. The molecule has 0 unspecified atom stereocenters. The highest BCUT2D eigenvalue weighted by atomic mass is 32.1. The van der Waals surface area contributed by atoms with E-state index < -0.39 is 0 Å². The average molecular weight is 397 g/mol. The lowest BCUT2D eigenvalue weighted by Crippen LogP contribution is -2.07. The third-order valence-electron chi connectivity index (χ3n) is 4.41. The van der Waals surface area contributed by atoms with Gasteiger partial charge in [0, 0.05) is 35.1 Å². The van der Waals surface area contributed by atoms with Crippen LogP contribution in [0.3, 0.4) is 0 Å². The number of imidazole rings is 1. The number of fused-ring (bicyclic) bond motifs is 2. The van der Waals surface area contributed by atoms with E-state index in [0.29, 0.717) is 11.4 Å². The summed E-state index contributed by atoms with van der Waals surface area (Å²) in [5.41, 5.74) is 4.88. The van der Waals surface area contributed by atoms with E-state index in [2.05, 4.69) is 20.3 Å². The van der Waals surface area contributed by atoms with Gasteiger partial charge in [0.25, 0.3) is 0 Å². The average Bonchev–Trinajstić information content (AvgIpc) is 3.35. The quantitative estimate of drug-likeness (QED) is 0.448. The minimum Gasteiger partial charge on any atom is -0.323 e. The lowest BCUT2D eigenvalue weighted by atomic mass is 10.1. The topological polar surface area (TPSA) is 72.2 Å². The van der Waals surface area contributed by atoms with Crippen LogP contribution in [0.25, 0.3) is 33.3 Å². The molecule has 0 saturated carbocycles. The van der Waals surface area contributed by atoms with Crippen LogP contribution in [-0.4, -0.2) is 25.3 Å². The molecule has 3 heterocycles. The second-order valence-corrected chi connectivity index (χ2v) is 7.28. The fourth-order valence-corrected chi connectivity index (χ4v) is 3.69. The Balaban J connectivity index is 1.27. The molecule has 1 N–H and O–H groups in total. The van der Waals surface area contributed by atoms with Crippen molar-refractivity contribution in [1.29, 1.82) is 0 Å². The zero-order valence-corrected chi connectivity index (χ0v) is 16.0. The van der Waals surface area contributed by atoms with Gasteiger partial charge in [-0.15, -0.1) is 11.3 Å². The molecule has 0 aliphatic rings. The second-order valence-electron chi connectivity index (χ2n) is 6.40. The number of carbonyl (C=O) groups excluding carboxylic acids is 1. The molecule has 29 heavy (non-hydrogen) atoms. The first-order chi connectivity index (χ1) is 14.2. The molecule has 2 aromatic carbocycles. The van der Waals surface area contributed by atoms with Gasteiger partial charge >= 0.3 is 0 Å². The van der Waals surface area contributed by atoms with Crippen LogP contribution in [0.15, 0.2) is 78.6 Å². The van der Waals surface area contributed by atoms with Crippen molar-refractivity contribution < 1.29 is 4.79 Å². The molecule has 140 valence electrons. The van der Waals surface area contributed by atoms with Gasteiger partial charge in [-0.2, -0.15) is 0 Å². The Morgan fingerprint density at radius 3 is 2.69 bits per heavy atom. The molecule has 0 spiro atoms. The molecule has 0 radical (unpaired) electrons. The summed E-state index contributed by atoms with van der Waals surface area (Å²) < 4.78 is 2.00. The summed E-state index contributed by atoms with van der Waals surface area (Å²) in [6, 6.07) is 15.2. The first-order valence-corrected chi connectivity index (χ1v) is 9.86. The Hall–Kier alpha value is -3.84. The van der Waals surface area contributed by atoms with E-state index in [-0.39, 0.29) is 5.91 Å². The van der Waals surface area contributed by atoms with Gasteiger partial charge in [-0.25, -0.2) is 9.97 Å². The maximum absolute atomic E-state index is 12.2. The summed E-state index contributed by atoms with van der Waals surface area (Å²) in [4.78, 5) is 26.6. The summed E-state index contributed by atoms with van der Waals surface area (Å²) in [5, 5.41) is 4.85. The number of hydrogen-bond acceptors (Lipinski definition) is 5. The highest BCUT2D eigenvalue weighted by Crippen LogP contribution is 2.23.